The topological polar surface area (TPSA) is 122 Å². The fraction of sp³-hybridized carbons (Fsp3) is 0.357. The number of fused-ring (bicyclic) bond motifs is 5. The van der Waals surface area contributed by atoms with Crippen molar-refractivity contribution in [3.63, 3.8) is 0 Å². The van der Waals surface area contributed by atoms with Crippen LogP contribution in [0.25, 0.3) is 5.57 Å². The van der Waals surface area contributed by atoms with Gasteiger partial charge < -0.3 is 19.9 Å². The third-order valence-corrected chi connectivity index (χ3v) is 11.1. The summed E-state index contributed by atoms with van der Waals surface area (Å²) in [7, 11) is 2.79. The number of carbonyl (C=O) groups excluding carboxylic acids is 2. The lowest BCUT2D eigenvalue weighted by atomic mass is 9.83. The van der Waals surface area contributed by atoms with Gasteiger partial charge in [0.05, 0.1) is 54.0 Å². The second kappa shape index (κ2) is 13.1. The average molecular weight is 685 g/mol. The first-order valence-corrected chi connectivity index (χ1v) is 17.8. The summed E-state index contributed by atoms with van der Waals surface area (Å²) in [6, 6.07) is 7.47. The predicted octanol–water partition coefficient (Wildman–Crippen LogP) is 8.34. The zero-order valence-corrected chi connectivity index (χ0v) is 30.6. The van der Waals surface area contributed by atoms with Crippen molar-refractivity contribution in [2.24, 2.45) is 26.8 Å². The van der Waals surface area contributed by atoms with Crippen LogP contribution >= 0.6 is 0 Å². The molecule has 1 fully saturated rings. The van der Waals surface area contributed by atoms with E-state index in [0.717, 1.165) is 109 Å². The van der Waals surface area contributed by atoms with Crippen molar-refractivity contribution in [1.82, 2.24) is 5.32 Å². The molecule has 262 valence electrons. The third kappa shape index (κ3) is 5.50. The Morgan fingerprint density at radius 1 is 0.882 bits per heavy atom. The first-order valence-electron chi connectivity index (χ1n) is 17.8. The van der Waals surface area contributed by atoms with Crippen molar-refractivity contribution in [2.75, 3.05) is 14.2 Å². The number of esters is 2. The van der Waals surface area contributed by atoms with Gasteiger partial charge in [-0.25, -0.2) is 19.8 Å². The van der Waals surface area contributed by atoms with Gasteiger partial charge in [0.25, 0.3) is 0 Å². The smallest absolute Gasteiger partial charge is 0.337 e. The lowest BCUT2D eigenvalue weighted by molar-refractivity contribution is -0.140. The Labute approximate surface area is 299 Å². The second-order valence-electron chi connectivity index (χ2n) is 13.8. The van der Waals surface area contributed by atoms with Gasteiger partial charge in [0.2, 0.25) is 0 Å². The van der Waals surface area contributed by atoms with Crippen molar-refractivity contribution in [1.29, 1.82) is 0 Å². The number of nitrogens with zero attached hydrogens (tertiary/aromatic N) is 3. The first-order chi connectivity index (χ1) is 24.5. The van der Waals surface area contributed by atoms with Crippen molar-refractivity contribution < 1.29 is 24.2 Å². The Bertz CT molecular complexity index is 2170. The molecule has 0 amide bonds. The highest BCUT2D eigenvalue weighted by Crippen LogP contribution is 2.48. The highest BCUT2D eigenvalue weighted by molar-refractivity contribution is 6.34. The van der Waals surface area contributed by atoms with E-state index < -0.39 is 5.97 Å². The number of methoxy groups -OCH3 is 2. The molecule has 0 unspecified atom stereocenters. The Morgan fingerprint density at radius 2 is 1.61 bits per heavy atom. The summed E-state index contributed by atoms with van der Waals surface area (Å²) in [5.41, 5.74) is 16.0. The Balaban J connectivity index is 1.56. The number of aliphatic imine (C=N–C) groups is 3. The van der Waals surface area contributed by atoms with Crippen LogP contribution in [0.4, 0.5) is 0 Å². The molecule has 9 nitrogen and oxygen atoms in total. The molecule has 7 rings (SSSR count). The quantitative estimate of drug-likeness (QED) is 0.279. The summed E-state index contributed by atoms with van der Waals surface area (Å²) in [5.74, 6) is -0.636. The summed E-state index contributed by atoms with van der Waals surface area (Å²) in [5, 5.41) is 15.3. The molecule has 51 heavy (non-hydrogen) atoms. The average Bonchev–Trinajstić information content (AvgIpc) is 3.89. The Morgan fingerprint density at radius 3 is 2.31 bits per heavy atom. The van der Waals surface area contributed by atoms with E-state index in [0.29, 0.717) is 18.4 Å². The zero-order chi connectivity index (χ0) is 36.3. The lowest BCUT2D eigenvalue weighted by Gasteiger charge is -2.19. The fourth-order valence-electron chi connectivity index (χ4n) is 8.35. The van der Waals surface area contributed by atoms with Gasteiger partial charge in [-0.3, -0.25) is 4.79 Å². The van der Waals surface area contributed by atoms with Crippen molar-refractivity contribution in [3.8, 4) is 0 Å². The molecular formula is C42H44N4O5. The molecule has 5 heterocycles. The van der Waals surface area contributed by atoms with Gasteiger partial charge in [0.15, 0.2) is 0 Å². The largest absolute Gasteiger partial charge is 0.511 e. The number of hydrogen-bond donors (Lipinski definition) is 2. The van der Waals surface area contributed by atoms with Crippen LogP contribution in [-0.4, -0.2) is 48.4 Å². The van der Waals surface area contributed by atoms with Gasteiger partial charge in [-0.1, -0.05) is 32.9 Å². The van der Waals surface area contributed by atoms with Crippen molar-refractivity contribution >= 4 is 34.6 Å². The van der Waals surface area contributed by atoms with E-state index in [4.69, 9.17) is 24.5 Å². The third-order valence-electron chi connectivity index (χ3n) is 11.1. The van der Waals surface area contributed by atoms with E-state index >= 15 is 0 Å². The molecule has 6 aliphatic rings. The molecule has 8 bridgehead atoms. The molecule has 2 atom stereocenters. The van der Waals surface area contributed by atoms with Gasteiger partial charge in [-0.05, 0) is 97.7 Å². The number of nitrogens with one attached hydrogen (secondary N) is 1. The van der Waals surface area contributed by atoms with E-state index in [2.05, 4.69) is 46.0 Å². The number of benzene rings is 1. The van der Waals surface area contributed by atoms with Gasteiger partial charge in [-0.15, -0.1) is 0 Å². The summed E-state index contributed by atoms with van der Waals surface area (Å²) in [6.07, 6.45) is 6.81. The highest BCUT2D eigenvalue weighted by atomic mass is 16.5. The molecule has 1 aromatic rings. The van der Waals surface area contributed by atoms with Crippen molar-refractivity contribution in [2.45, 2.75) is 73.6 Å². The molecule has 0 radical (unpaired) electrons. The van der Waals surface area contributed by atoms with Crippen LogP contribution in [0, 0.1) is 11.8 Å². The minimum absolute atomic E-state index is 0.0975. The predicted molar refractivity (Wildman–Crippen MR) is 200 cm³/mol. The van der Waals surface area contributed by atoms with E-state index in [1.54, 1.807) is 6.07 Å². The van der Waals surface area contributed by atoms with Gasteiger partial charge in [-0.2, -0.15) is 0 Å². The molecule has 2 N–H and O–H groups in total. The number of aliphatic hydroxyl groups excluding tert-OH is 1. The monoisotopic (exact) mass is 684 g/mol. The number of carbonyl (C=O) groups is 2. The minimum atomic E-state index is -0.424. The minimum Gasteiger partial charge on any atom is -0.511 e. The van der Waals surface area contributed by atoms with Crippen LogP contribution in [0.1, 0.15) is 89.6 Å². The van der Waals surface area contributed by atoms with Gasteiger partial charge in [0, 0.05) is 52.8 Å². The number of allylic oxidation sites excluding steroid dienone is 12. The second-order valence-corrected chi connectivity index (χ2v) is 13.8. The number of hydrogen-bond acceptors (Lipinski definition) is 9. The maximum atomic E-state index is 12.8. The maximum Gasteiger partial charge on any atom is 0.337 e. The molecule has 1 aliphatic carbocycles. The molecular weight excluding hydrogens is 640 g/mol. The molecule has 1 aromatic carbocycles. The molecule has 5 aliphatic heterocycles. The maximum absolute atomic E-state index is 12.8. The zero-order valence-electron chi connectivity index (χ0n) is 30.6. The van der Waals surface area contributed by atoms with E-state index in [9.17, 15) is 14.7 Å². The van der Waals surface area contributed by atoms with Crippen LogP contribution in [0.5, 0.6) is 0 Å². The highest BCUT2D eigenvalue weighted by Gasteiger charge is 2.43. The number of ether oxygens (including phenoxy) is 2. The van der Waals surface area contributed by atoms with Crippen LogP contribution in [0.3, 0.4) is 0 Å². The normalized spacial score (nSPS) is 22.5. The fourth-order valence-corrected chi connectivity index (χ4v) is 8.35. The SMILES string of the molecule is CCC1=C(C)C2=NC1=CC1=C(C)C3=C(O)CC(=C4NC(=C(c5cccc(C(=O)OC)c5)C5=NC(=C2)C(CC)=C5C)[C@@H](C)[C@@H]4CCC(=O)OC)C3=N1. The molecule has 0 aromatic heterocycles. The standard InChI is InChI=1S/C42H44N4O5/c1-9-26-20(3)30-18-33-27(10-2)21(4)38(45-33)37(24-12-11-13-25(16-24)42(49)51-8)39-22(5)28(14-15-35(48)50-7)40(46-39)29-17-34(47)36-23(6)31(44-41(29)36)19-32(26)43-30/h11-13,16,18-19,22,28,46-47H,9-10,14-15,17H2,1-8H3/t22-,28-/m0/s1. The van der Waals surface area contributed by atoms with E-state index in [1.165, 1.54) is 14.2 Å². The molecule has 0 saturated carbocycles. The van der Waals surface area contributed by atoms with Crippen LogP contribution in [-0.2, 0) is 14.3 Å². The summed E-state index contributed by atoms with van der Waals surface area (Å²) in [6.45, 7) is 12.7. The Kier molecular flexibility index (Phi) is 8.77. The van der Waals surface area contributed by atoms with E-state index in [1.807, 2.05) is 31.2 Å². The lowest BCUT2D eigenvalue weighted by Crippen LogP contribution is -2.16. The summed E-state index contributed by atoms with van der Waals surface area (Å²) < 4.78 is 10.2. The molecule has 0 spiro atoms. The number of aliphatic hydroxyl groups is 1. The van der Waals surface area contributed by atoms with Crippen molar-refractivity contribution in [3.05, 3.63) is 121 Å². The molecule has 9 heteroatoms. The van der Waals surface area contributed by atoms with Crippen LogP contribution < -0.4 is 5.32 Å². The Hall–Kier alpha value is -5.31. The van der Waals surface area contributed by atoms with Gasteiger partial charge in [0.1, 0.15) is 5.76 Å². The van der Waals surface area contributed by atoms with Gasteiger partial charge >= 0.3 is 11.9 Å². The van der Waals surface area contributed by atoms with Crippen LogP contribution in [0.15, 0.2) is 125 Å². The summed E-state index contributed by atoms with van der Waals surface area (Å²) in [4.78, 5) is 41.1. The van der Waals surface area contributed by atoms with Crippen LogP contribution in [0.2, 0.25) is 0 Å². The summed E-state index contributed by atoms with van der Waals surface area (Å²) >= 11 is 0. The van der Waals surface area contributed by atoms with E-state index in [-0.39, 0.29) is 30.0 Å². The molecule has 1 saturated heterocycles. The first kappa shape index (κ1) is 34.2. The number of rotatable bonds is 7.